The summed E-state index contributed by atoms with van der Waals surface area (Å²) < 4.78 is 4.75. The molecule has 0 heterocycles. The van der Waals surface area contributed by atoms with Gasteiger partial charge in [0.25, 0.3) is 0 Å². The molecule has 0 aromatic heterocycles. The van der Waals surface area contributed by atoms with Crippen molar-refractivity contribution >= 4 is 43.8 Å². The molecule has 0 rings (SSSR count). The Labute approximate surface area is 92.2 Å². The summed E-state index contributed by atoms with van der Waals surface area (Å²) in [5.41, 5.74) is 0. The monoisotopic (exact) mass is 314 g/mol. The molecule has 0 spiro atoms. The molecule has 0 fully saturated rings. The van der Waals surface area contributed by atoms with Gasteiger partial charge in [-0.05, 0) is 0 Å². The summed E-state index contributed by atoms with van der Waals surface area (Å²) in [6, 6.07) is 0. The van der Waals surface area contributed by atoms with E-state index < -0.39 is 11.9 Å². The molecule has 0 aliphatic carbocycles. The first kappa shape index (κ1) is 12.6. The zero-order valence-electron chi connectivity index (χ0n) is 6.57. The number of rotatable bonds is 5. The number of halogens is 2. The van der Waals surface area contributed by atoms with Gasteiger partial charge in [-0.3, -0.25) is 0 Å². The molecule has 0 aliphatic heterocycles. The van der Waals surface area contributed by atoms with Crippen molar-refractivity contribution in [3.05, 3.63) is 12.2 Å². The van der Waals surface area contributed by atoms with Gasteiger partial charge in [0.15, 0.2) is 0 Å². The van der Waals surface area contributed by atoms with Crippen LogP contribution in [-0.2, 0) is 14.3 Å². The Morgan fingerprint density at radius 1 is 1.38 bits per heavy atom. The fraction of sp³-hybridized carbons (Fsp3) is 0.429. The predicted molar refractivity (Wildman–Crippen MR) is 54.0 cm³/mol. The zero-order valence-corrected chi connectivity index (χ0v) is 9.75. The van der Waals surface area contributed by atoms with Crippen LogP contribution in [-0.4, -0.2) is 27.4 Å². The van der Waals surface area contributed by atoms with Gasteiger partial charge in [-0.25, -0.2) is 9.59 Å². The summed E-state index contributed by atoms with van der Waals surface area (Å²) in [6.45, 7) is 0.240. The topological polar surface area (TPSA) is 63.6 Å². The lowest BCUT2D eigenvalue weighted by atomic mass is 10.5. The molecule has 6 heteroatoms. The fourth-order valence-electron chi connectivity index (χ4n) is 0.436. The Balaban J connectivity index is 3.58. The van der Waals surface area contributed by atoms with E-state index in [9.17, 15) is 9.59 Å². The Morgan fingerprint density at radius 2 is 2.00 bits per heavy atom. The molecule has 0 saturated heterocycles. The summed E-state index contributed by atoms with van der Waals surface area (Å²) in [5, 5.41) is 8.17. The van der Waals surface area contributed by atoms with Crippen LogP contribution in [0.4, 0.5) is 0 Å². The second-order valence-electron chi connectivity index (χ2n) is 2.02. The number of aliphatic carboxylic acids is 1. The normalized spacial score (nSPS) is 10.7. The van der Waals surface area contributed by atoms with E-state index in [1.807, 2.05) is 0 Å². The Bertz CT molecular complexity index is 213. The number of ether oxygens (including phenoxy) is 1. The van der Waals surface area contributed by atoms with Crippen LogP contribution in [0.5, 0.6) is 0 Å². The van der Waals surface area contributed by atoms with Crippen molar-refractivity contribution in [3.8, 4) is 0 Å². The van der Waals surface area contributed by atoms with Crippen molar-refractivity contribution in [3.63, 3.8) is 0 Å². The first-order valence-corrected chi connectivity index (χ1v) is 5.21. The zero-order chi connectivity index (χ0) is 10.3. The Kier molecular flexibility index (Phi) is 6.89. The lowest BCUT2D eigenvalue weighted by molar-refractivity contribution is -0.138. The highest BCUT2D eigenvalue weighted by Gasteiger charge is 2.01. The molecule has 74 valence electrons. The van der Waals surface area contributed by atoms with Crippen LogP contribution in [0.3, 0.4) is 0 Å². The number of hydrogen-bond acceptors (Lipinski definition) is 3. The minimum Gasteiger partial charge on any atom is -0.478 e. The van der Waals surface area contributed by atoms with E-state index in [1.165, 1.54) is 0 Å². The van der Waals surface area contributed by atoms with Crippen LogP contribution in [0.1, 0.15) is 6.42 Å². The van der Waals surface area contributed by atoms with Crippen molar-refractivity contribution in [1.82, 2.24) is 0 Å². The summed E-state index contributed by atoms with van der Waals surface area (Å²) >= 11 is 6.40. The van der Waals surface area contributed by atoms with Crippen LogP contribution >= 0.6 is 31.9 Å². The third kappa shape index (κ3) is 9.55. The smallest absolute Gasteiger partial charge is 0.331 e. The highest BCUT2D eigenvalue weighted by Crippen LogP contribution is 2.11. The molecule has 0 saturated carbocycles. The largest absolute Gasteiger partial charge is 0.478 e. The summed E-state index contributed by atoms with van der Waals surface area (Å²) in [4.78, 5) is 20.7. The van der Waals surface area contributed by atoms with Crippen molar-refractivity contribution in [2.45, 2.75) is 10.2 Å². The Hall–Kier alpha value is -0.360. The second kappa shape index (κ2) is 7.08. The number of esters is 1. The van der Waals surface area contributed by atoms with Crippen molar-refractivity contribution in [2.24, 2.45) is 0 Å². The lowest BCUT2D eigenvalue weighted by Crippen LogP contribution is -2.05. The standard InChI is InChI=1S/C7H8Br2O4/c8-5(9)3-4-13-7(12)2-1-6(10)11/h1-2,5H,3-4H2,(H,10,11)/b2-1-. The maximum Gasteiger partial charge on any atom is 0.331 e. The quantitative estimate of drug-likeness (QED) is 0.476. The van der Waals surface area contributed by atoms with Crippen LogP contribution < -0.4 is 0 Å². The van der Waals surface area contributed by atoms with Crippen LogP contribution in [0, 0.1) is 0 Å². The molecule has 1 N–H and O–H groups in total. The molecular weight excluding hydrogens is 308 g/mol. The minimum atomic E-state index is -1.17. The fourth-order valence-corrected chi connectivity index (χ4v) is 0.810. The van der Waals surface area contributed by atoms with E-state index >= 15 is 0 Å². The summed E-state index contributed by atoms with van der Waals surface area (Å²) in [6.07, 6.45) is 2.23. The summed E-state index contributed by atoms with van der Waals surface area (Å²) in [7, 11) is 0. The number of carbonyl (C=O) groups is 2. The van der Waals surface area contributed by atoms with Gasteiger partial charge in [0.2, 0.25) is 0 Å². The molecule has 0 amide bonds. The Morgan fingerprint density at radius 3 is 2.46 bits per heavy atom. The highest BCUT2D eigenvalue weighted by molar-refractivity contribution is 9.24. The molecule has 0 radical (unpaired) electrons. The molecule has 0 atom stereocenters. The number of carbonyl (C=O) groups excluding carboxylic acids is 1. The van der Waals surface area contributed by atoms with E-state index in [4.69, 9.17) is 5.11 Å². The third-order valence-corrected chi connectivity index (χ3v) is 1.86. The summed E-state index contributed by atoms with van der Waals surface area (Å²) in [5.74, 6) is -1.82. The third-order valence-electron chi connectivity index (χ3n) is 0.942. The van der Waals surface area contributed by atoms with Crippen LogP contribution in [0.2, 0.25) is 0 Å². The van der Waals surface area contributed by atoms with E-state index in [1.54, 1.807) is 0 Å². The van der Waals surface area contributed by atoms with Crippen LogP contribution in [0.25, 0.3) is 0 Å². The average Bonchev–Trinajstić information content (AvgIpc) is 2.00. The van der Waals surface area contributed by atoms with E-state index in [-0.39, 0.29) is 10.3 Å². The SMILES string of the molecule is O=C(O)/C=C\C(=O)OCCC(Br)Br. The average molecular weight is 316 g/mol. The van der Waals surface area contributed by atoms with Gasteiger partial charge in [0.05, 0.1) is 10.3 Å². The van der Waals surface area contributed by atoms with Gasteiger partial charge >= 0.3 is 11.9 Å². The maximum atomic E-state index is 10.7. The molecule has 0 aliphatic rings. The van der Waals surface area contributed by atoms with E-state index in [0.29, 0.717) is 6.42 Å². The van der Waals surface area contributed by atoms with Crippen LogP contribution in [0.15, 0.2) is 12.2 Å². The molecule has 13 heavy (non-hydrogen) atoms. The lowest BCUT2D eigenvalue weighted by Gasteiger charge is -2.01. The molecule has 0 aromatic rings. The molecule has 4 nitrogen and oxygen atoms in total. The second-order valence-corrected chi connectivity index (χ2v) is 5.46. The maximum absolute atomic E-state index is 10.7. The molecule has 0 unspecified atom stereocenters. The first-order chi connectivity index (χ1) is 6.02. The van der Waals surface area contributed by atoms with E-state index in [0.717, 1.165) is 12.2 Å². The molecular formula is C7H8Br2O4. The van der Waals surface area contributed by atoms with Gasteiger partial charge in [-0.15, -0.1) is 0 Å². The predicted octanol–water partition coefficient (Wildman–Crippen LogP) is 1.68. The number of carboxylic acids is 1. The van der Waals surface area contributed by atoms with Gasteiger partial charge in [0.1, 0.15) is 0 Å². The van der Waals surface area contributed by atoms with Crippen molar-refractivity contribution < 1.29 is 19.4 Å². The molecule has 0 bridgehead atoms. The number of hydrogen-bond donors (Lipinski definition) is 1. The van der Waals surface area contributed by atoms with Crippen molar-refractivity contribution in [2.75, 3.05) is 6.61 Å². The van der Waals surface area contributed by atoms with Gasteiger partial charge in [0, 0.05) is 18.6 Å². The number of carboxylic acid groups (broad SMARTS) is 1. The number of alkyl halides is 2. The minimum absolute atomic E-state index is 0.0938. The highest BCUT2D eigenvalue weighted by atomic mass is 79.9. The first-order valence-electron chi connectivity index (χ1n) is 3.38. The van der Waals surface area contributed by atoms with Gasteiger partial charge < -0.3 is 9.84 Å². The molecule has 0 aromatic carbocycles. The van der Waals surface area contributed by atoms with Crippen molar-refractivity contribution in [1.29, 1.82) is 0 Å². The van der Waals surface area contributed by atoms with Gasteiger partial charge in [-0.2, -0.15) is 0 Å². The van der Waals surface area contributed by atoms with Gasteiger partial charge in [-0.1, -0.05) is 31.9 Å². The van der Waals surface area contributed by atoms with E-state index in [2.05, 4.69) is 36.6 Å².